The summed E-state index contributed by atoms with van der Waals surface area (Å²) in [6.45, 7) is 3.41. The Labute approximate surface area is 150 Å². The first kappa shape index (κ1) is 18.2. The molecule has 0 spiro atoms. The van der Waals surface area contributed by atoms with E-state index in [1.54, 1.807) is 44.4 Å². The van der Waals surface area contributed by atoms with Crippen LogP contribution in [0.15, 0.2) is 42.7 Å². The summed E-state index contributed by atoms with van der Waals surface area (Å²) in [5.74, 6) is -0.825. The van der Waals surface area contributed by atoms with Crippen LogP contribution in [0.25, 0.3) is 0 Å². The molecule has 126 valence electrons. The van der Waals surface area contributed by atoms with Crippen molar-refractivity contribution in [3.8, 4) is 0 Å². The molecule has 0 aliphatic carbocycles. The standard InChI is InChI=1S/C17H17Cl2N3O2/c1-17(2,15(23)21-10-11-4-3-7-20-9-11)16(24)22-12-5-6-13(18)14(19)8-12/h3-9H,10H2,1-2H3,(H,21,23)(H,22,24). The summed E-state index contributed by atoms with van der Waals surface area (Å²) in [6.07, 6.45) is 3.31. The van der Waals surface area contributed by atoms with Gasteiger partial charge in [0, 0.05) is 24.6 Å². The predicted octanol–water partition coefficient (Wildman–Crippen LogP) is 3.67. The number of amides is 2. The van der Waals surface area contributed by atoms with E-state index < -0.39 is 11.3 Å². The minimum atomic E-state index is -1.26. The lowest BCUT2D eigenvalue weighted by molar-refractivity contribution is -0.138. The molecule has 2 N–H and O–H groups in total. The molecule has 0 saturated carbocycles. The van der Waals surface area contributed by atoms with E-state index >= 15 is 0 Å². The van der Waals surface area contributed by atoms with Crippen LogP contribution in [0.3, 0.4) is 0 Å². The molecule has 0 atom stereocenters. The molecular formula is C17H17Cl2N3O2. The second-order valence-electron chi connectivity index (χ2n) is 5.75. The molecule has 2 rings (SSSR count). The Balaban J connectivity index is 2.00. The van der Waals surface area contributed by atoms with Crippen molar-refractivity contribution in [3.05, 3.63) is 58.3 Å². The molecule has 2 amide bonds. The number of hydrogen-bond acceptors (Lipinski definition) is 3. The minimum absolute atomic E-state index is 0.302. The van der Waals surface area contributed by atoms with Crippen molar-refractivity contribution in [1.82, 2.24) is 10.3 Å². The second kappa shape index (κ2) is 7.64. The second-order valence-corrected chi connectivity index (χ2v) is 6.57. The van der Waals surface area contributed by atoms with Crippen LogP contribution in [0.4, 0.5) is 5.69 Å². The number of halogens is 2. The highest BCUT2D eigenvalue weighted by molar-refractivity contribution is 6.42. The number of nitrogens with one attached hydrogen (secondary N) is 2. The lowest BCUT2D eigenvalue weighted by Gasteiger charge is -2.23. The van der Waals surface area contributed by atoms with E-state index in [9.17, 15) is 9.59 Å². The monoisotopic (exact) mass is 365 g/mol. The summed E-state index contributed by atoms with van der Waals surface area (Å²) in [4.78, 5) is 28.8. The molecule has 7 heteroatoms. The van der Waals surface area contributed by atoms with Crippen LogP contribution >= 0.6 is 23.2 Å². The highest BCUT2D eigenvalue weighted by atomic mass is 35.5. The first-order valence-electron chi connectivity index (χ1n) is 7.24. The minimum Gasteiger partial charge on any atom is -0.351 e. The molecule has 0 radical (unpaired) electrons. The molecule has 0 fully saturated rings. The third-order valence-electron chi connectivity index (χ3n) is 3.49. The molecular weight excluding hydrogens is 349 g/mol. The fourth-order valence-corrected chi connectivity index (χ4v) is 2.17. The van der Waals surface area contributed by atoms with Gasteiger partial charge >= 0.3 is 0 Å². The molecule has 1 heterocycles. The number of carbonyl (C=O) groups is 2. The fourth-order valence-electron chi connectivity index (χ4n) is 1.87. The van der Waals surface area contributed by atoms with Crippen LogP contribution in [0, 0.1) is 5.41 Å². The van der Waals surface area contributed by atoms with E-state index in [1.807, 2.05) is 6.07 Å². The molecule has 0 aliphatic rings. The zero-order valence-electron chi connectivity index (χ0n) is 13.3. The molecule has 2 aromatic rings. The summed E-state index contributed by atoms with van der Waals surface area (Å²) in [5.41, 5.74) is 0.0722. The van der Waals surface area contributed by atoms with Gasteiger partial charge in [-0.05, 0) is 43.7 Å². The Morgan fingerprint density at radius 1 is 1.12 bits per heavy atom. The lowest BCUT2D eigenvalue weighted by atomic mass is 9.91. The average Bonchev–Trinajstić information content (AvgIpc) is 2.56. The van der Waals surface area contributed by atoms with Crippen LogP contribution < -0.4 is 10.6 Å². The Kier molecular flexibility index (Phi) is 5.80. The van der Waals surface area contributed by atoms with Crippen LogP contribution in [-0.2, 0) is 16.1 Å². The number of pyridine rings is 1. The summed E-state index contributed by atoms with van der Waals surface area (Å²) in [6, 6.07) is 8.36. The first-order chi connectivity index (χ1) is 11.3. The van der Waals surface area contributed by atoms with Gasteiger partial charge in [-0.1, -0.05) is 29.3 Å². The summed E-state index contributed by atoms with van der Waals surface area (Å²) >= 11 is 11.8. The van der Waals surface area contributed by atoms with Gasteiger partial charge in [0.05, 0.1) is 10.0 Å². The molecule has 1 aromatic carbocycles. The van der Waals surface area contributed by atoms with E-state index in [0.717, 1.165) is 5.56 Å². The fraction of sp³-hybridized carbons (Fsp3) is 0.235. The van der Waals surface area contributed by atoms with Crippen LogP contribution in [0.2, 0.25) is 10.0 Å². The molecule has 5 nitrogen and oxygen atoms in total. The van der Waals surface area contributed by atoms with Crippen molar-refractivity contribution in [2.24, 2.45) is 5.41 Å². The smallest absolute Gasteiger partial charge is 0.239 e. The summed E-state index contributed by atoms with van der Waals surface area (Å²) in [7, 11) is 0. The quantitative estimate of drug-likeness (QED) is 0.794. The number of rotatable bonds is 5. The summed E-state index contributed by atoms with van der Waals surface area (Å²) in [5, 5.41) is 6.13. The van der Waals surface area contributed by atoms with E-state index in [-0.39, 0.29) is 5.91 Å². The number of nitrogens with zero attached hydrogens (tertiary/aromatic N) is 1. The van der Waals surface area contributed by atoms with Crippen molar-refractivity contribution in [2.75, 3.05) is 5.32 Å². The van der Waals surface area contributed by atoms with Crippen molar-refractivity contribution >= 4 is 40.7 Å². The van der Waals surface area contributed by atoms with Gasteiger partial charge < -0.3 is 10.6 Å². The Bertz CT molecular complexity index is 749. The predicted molar refractivity (Wildman–Crippen MR) is 95.0 cm³/mol. The molecule has 24 heavy (non-hydrogen) atoms. The third kappa shape index (κ3) is 4.46. The van der Waals surface area contributed by atoms with Crippen molar-refractivity contribution in [1.29, 1.82) is 0 Å². The molecule has 0 aliphatic heterocycles. The number of carbonyl (C=O) groups excluding carboxylic acids is 2. The molecule has 0 unspecified atom stereocenters. The largest absolute Gasteiger partial charge is 0.351 e. The zero-order chi connectivity index (χ0) is 17.7. The SMILES string of the molecule is CC(C)(C(=O)NCc1cccnc1)C(=O)Nc1ccc(Cl)c(Cl)c1. The van der Waals surface area contributed by atoms with Gasteiger partial charge in [-0.3, -0.25) is 14.6 Å². The van der Waals surface area contributed by atoms with E-state index in [2.05, 4.69) is 15.6 Å². The number of aromatic nitrogens is 1. The first-order valence-corrected chi connectivity index (χ1v) is 8.00. The van der Waals surface area contributed by atoms with Gasteiger partial charge in [0.15, 0.2) is 0 Å². The van der Waals surface area contributed by atoms with Crippen molar-refractivity contribution in [3.63, 3.8) is 0 Å². The maximum atomic E-state index is 12.4. The van der Waals surface area contributed by atoms with E-state index in [4.69, 9.17) is 23.2 Å². The average molecular weight is 366 g/mol. The molecule has 0 bridgehead atoms. The van der Waals surface area contributed by atoms with Crippen molar-refractivity contribution < 1.29 is 9.59 Å². The maximum absolute atomic E-state index is 12.4. The van der Waals surface area contributed by atoms with E-state index in [0.29, 0.717) is 22.3 Å². The number of hydrogen-bond donors (Lipinski definition) is 2. The Morgan fingerprint density at radius 3 is 2.50 bits per heavy atom. The van der Waals surface area contributed by atoms with Gasteiger partial charge in [-0.25, -0.2) is 0 Å². The van der Waals surface area contributed by atoms with Crippen LogP contribution in [-0.4, -0.2) is 16.8 Å². The van der Waals surface area contributed by atoms with Crippen LogP contribution in [0.5, 0.6) is 0 Å². The van der Waals surface area contributed by atoms with Gasteiger partial charge in [0.25, 0.3) is 0 Å². The third-order valence-corrected chi connectivity index (χ3v) is 4.23. The Hall–Kier alpha value is -2.11. The normalized spacial score (nSPS) is 11.0. The van der Waals surface area contributed by atoms with E-state index in [1.165, 1.54) is 6.07 Å². The number of anilines is 1. The molecule has 1 aromatic heterocycles. The van der Waals surface area contributed by atoms with Gasteiger partial charge in [-0.15, -0.1) is 0 Å². The topological polar surface area (TPSA) is 71.1 Å². The van der Waals surface area contributed by atoms with Gasteiger partial charge in [0.1, 0.15) is 5.41 Å². The zero-order valence-corrected chi connectivity index (χ0v) is 14.8. The van der Waals surface area contributed by atoms with Gasteiger partial charge in [0.2, 0.25) is 11.8 Å². The lowest BCUT2D eigenvalue weighted by Crippen LogP contribution is -2.44. The maximum Gasteiger partial charge on any atom is 0.239 e. The molecule has 0 saturated heterocycles. The highest BCUT2D eigenvalue weighted by Gasteiger charge is 2.36. The van der Waals surface area contributed by atoms with Crippen molar-refractivity contribution in [2.45, 2.75) is 20.4 Å². The highest BCUT2D eigenvalue weighted by Crippen LogP contribution is 2.26. The van der Waals surface area contributed by atoms with Gasteiger partial charge in [-0.2, -0.15) is 0 Å². The summed E-state index contributed by atoms with van der Waals surface area (Å²) < 4.78 is 0. The Morgan fingerprint density at radius 2 is 1.88 bits per heavy atom. The van der Waals surface area contributed by atoms with Crippen LogP contribution in [0.1, 0.15) is 19.4 Å². The number of benzene rings is 1.